The Morgan fingerprint density at radius 2 is 2.04 bits per heavy atom. The van der Waals surface area contributed by atoms with Gasteiger partial charge in [-0.05, 0) is 37.0 Å². The number of anilines is 1. The summed E-state index contributed by atoms with van der Waals surface area (Å²) in [5, 5.41) is 12.8. The number of nitrogens with zero attached hydrogens (tertiary/aromatic N) is 3. The topological polar surface area (TPSA) is 94.5 Å². The molecule has 0 saturated heterocycles. The summed E-state index contributed by atoms with van der Waals surface area (Å²) in [4.78, 5) is 23.8. The van der Waals surface area contributed by atoms with Crippen LogP contribution in [0.4, 0.5) is 5.69 Å². The molecule has 1 fully saturated rings. The molecule has 2 N–H and O–H groups in total. The van der Waals surface area contributed by atoms with Crippen LogP contribution in [0.25, 0.3) is 22.3 Å². The smallest absolute Gasteiger partial charge is 0.265 e. The summed E-state index contributed by atoms with van der Waals surface area (Å²) in [6.07, 6.45) is 7.21. The fourth-order valence-corrected chi connectivity index (χ4v) is 2.67. The lowest BCUT2D eigenvalue weighted by atomic mass is 10.1. The number of fused-ring (bicyclic) bond motifs is 1. The van der Waals surface area contributed by atoms with Crippen molar-refractivity contribution in [1.82, 2.24) is 15.0 Å². The average Bonchev–Trinajstić information content (AvgIpc) is 3.33. The van der Waals surface area contributed by atoms with Crippen molar-refractivity contribution in [3.05, 3.63) is 54.5 Å². The first-order valence-electron chi connectivity index (χ1n) is 8.06. The van der Waals surface area contributed by atoms with Gasteiger partial charge in [-0.3, -0.25) is 4.79 Å². The van der Waals surface area contributed by atoms with Crippen LogP contribution in [0.2, 0.25) is 0 Å². The van der Waals surface area contributed by atoms with Crippen LogP contribution in [0.15, 0.2) is 54.5 Å². The van der Waals surface area contributed by atoms with E-state index < -0.39 is 0 Å². The molecule has 0 unspecified atom stereocenters. The van der Waals surface area contributed by atoms with E-state index in [9.17, 15) is 4.79 Å². The molecule has 1 aliphatic carbocycles. The zero-order chi connectivity index (χ0) is 17.2. The molecule has 1 aromatic carbocycles. The number of nitrogens with one attached hydrogen (secondary N) is 2. The molecule has 2 aromatic heterocycles. The van der Waals surface area contributed by atoms with Crippen LogP contribution in [0.1, 0.15) is 12.8 Å². The standard InChI is InChI=1S/C19H15N5O/c20-10-14(9-12-1-2-12)19(25)24-15-5-3-13(4-6-15)17-16-7-8-21-18(16)23-11-22-17/h3-9,11-12H,1-2H2,(H,24,25)(H,21,22,23)/b14-9+. The molecule has 122 valence electrons. The number of benzene rings is 1. The van der Waals surface area contributed by atoms with Crippen LogP contribution < -0.4 is 5.32 Å². The molecule has 3 aromatic rings. The van der Waals surface area contributed by atoms with E-state index in [1.165, 1.54) is 6.33 Å². The van der Waals surface area contributed by atoms with Crippen molar-refractivity contribution in [3.63, 3.8) is 0 Å². The number of H-pyrrole nitrogens is 1. The zero-order valence-electron chi connectivity index (χ0n) is 13.4. The highest BCUT2D eigenvalue weighted by Gasteiger charge is 2.21. The Hall–Kier alpha value is -3.46. The van der Waals surface area contributed by atoms with E-state index in [0.717, 1.165) is 35.1 Å². The van der Waals surface area contributed by atoms with Crippen LogP contribution >= 0.6 is 0 Å². The van der Waals surface area contributed by atoms with Gasteiger partial charge in [0.1, 0.15) is 23.6 Å². The Morgan fingerprint density at radius 1 is 1.24 bits per heavy atom. The van der Waals surface area contributed by atoms with Gasteiger partial charge >= 0.3 is 0 Å². The highest BCUT2D eigenvalue weighted by molar-refractivity contribution is 6.06. The van der Waals surface area contributed by atoms with Crippen molar-refractivity contribution in [2.24, 2.45) is 5.92 Å². The number of aromatic nitrogens is 3. The van der Waals surface area contributed by atoms with Gasteiger partial charge in [0.2, 0.25) is 0 Å². The van der Waals surface area contributed by atoms with E-state index in [4.69, 9.17) is 5.26 Å². The predicted molar refractivity (Wildman–Crippen MR) is 94.4 cm³/mol. The van der Waals surface area contributed by atoms with Gasteiger partial charge in [0.25, 0.3) is 5.91 Å². The zero-order valence-corrected chi connectivity index (χ0v) is 13.4. The molecule has 0 aliphatic heterocycles. The van der Waals surface area contributed by atoms with Gasteiger partial charge in [0, 0.05) is 22.8 Å². The lowest BCUT2D eigenvalue weighted by molar-refractivity contribution is -0.112. The number of carbonyl (C=O) groups is 1. The van der Waals surface area contributed by atoms with Crippen molar-refractivity contribution < 1.29 is 4.79 Å². The summed E-state index contributed by atoms with van der Waals surface area (Å²) in [5.74, 6) is 0.0153. The maximum absolute atomic E-state index is 12.2. The molecular formula is C19H15N5O. The van der Waals surface area contributed by atoms with Crippen molar-refractivity contribution in [1.29, 1.82) is 5.26 Å². The second-order valence-electron chi connectivity index (χ2n) is 6.02. The molecule has 25 heavy (non-hydrogen) atoms. The van der Waals surface area contributed by atoms with Gasteiger partial charge in [-0.15, -0.1) is 0 Å². The molecular weight excluding hydrogens is 314 g/mol. The van der Waals surface area contributed by atoms with Crippen LogP contribution in [0.5, 0.6) is 0 Å². The summed E-state index contributed by atoms with van der Waals surface area (Å²) < 4.78 is 0. The number of hydrogen-bond acceptors (Lipinski definition) is 4. The van der Waals surface area contributed by atoms with Crippen LogP contribution in [0, 0.1) is 17.2 Å². The van der Waals surface area contributed by atoms with Gasteiger partial charge in [0.15, 0.2) is 0 Å². The minimum absolute atomic E-state index is 0.177. The van der Waals surface area contributed by atoms with E-state index in [0.29, 0.717) is 11.6 Å². The lowest BCUT2D eigenvalue weighted by Gasteiger charge is -2.06. The van der Waals surface area contributed by atoms with Crippen molar-refractivity contribution >= 4 is 22.6 Å². The van der Waals surface area contributed by atoms with Gasteiger partial charge < -0.3 is 10.3 Å². The lowest BCUT2D eigenvalue weighted by Crippen LogP contribution is -2.13. The fraction of sp³-hybridized carbons (Fsp3) is 0.158. The van der Waals surface area contributed by atoms with Crippen molar-refractivity contribution in [2.45, 2.75) is 12.8 Å². The van der Waals surface area contributed by atoms with Crippen molar-refractivity contribution in [3.8, 4) is 17.3 Å². The first kappa shape index (κ1) is 15.1. The molecule has 1 saturated carbocycles. The number of hydrogen-bond donors (Lipinski definition) is 2. The highest BCUT2D eigenvalue weighted by Crippen LogP contribution is 2.31. The highest BCUT2D eigenvalue weighted by atomic mass is 16.1. The Labute approximate surface area is 144 Å². The van der Waals surface area contributed by atoms with E-state index in [2.05, 4.69) is 20.3 Å². The minimum atomic E-state index is -0.364. The summed E-state index contributed by atoms with van der Waals surface area (Å²) in [7, 11) is 0. The molecule has 0 spiro atoms. The molecule has 0 radical (unpaired) electrons. The minimum Gasteiger partial charge on any atom is -0.346 e. The summed E-state index contributed by atoms with van der Waals surface area (Å²) in [6.45, 7) is 0. The van der Waals surface area contributed by atoms with E-state index in [-0.39, 0.29) is 11.5 Å². The third-order valence-corrected chi connectivity index (χ3v) is 4.16. The van der Waals surface area contributed by atoms with Gasteiger partial charge in [0.05, 0.1) is 5.69 Å². The molecule has 4 rings (SSSR count). The third-order valence-electron chi connectivity index (χ3n) is 4.16. The average molecular weight is 329 g/mol. The quantitative estimate of drug-likeness (QED) is 0.566. The molecule has 2 heterocycles. The van der Waals surface area contributed by atoms with Crippen molar-refractivity contribution in [2.75, 3.05) is 5.32 Å². The monoisotopic (exact) mass is 329 g/mol. The molecule has 0 bridgehead atoms. The largest absolute Gasteiger partial charge is 0.346 e. The van der Waals surface area contributed by atoms with E-state index in [1.54, 1.807) is 18.2 Å². The van der Waals surface area contributed by atoms with Gasteiger partial charge in [-0.2, -0.15) is 5.26 Å². The molecule has 6 heteroatoms. The Bertz CT molecular complexity index is 1010. The van der Waals surface area contributed by atoms with Crippen LogP contribution in [-0.4, -0.2) is 20.9 Å². The summed E-state index contributed by atoms with van der Waals surface area (Å²) in [5.41, 5.74) is 3.36. The fourth-order valence-electron chi connectivity index (χ4n) is 2.67. The molecule has 1 amide bonds. The molecule has 6 nitrogen and oxygen atoms in total. The normalized spacial score (nSPS) is 14.3. The molecule has 0 atom stereocenters. The second-order valence-corrected chi connectivity index (χ2v) is 6.02. The van der Waals surface area contributed by atoms with Crippen LogP contribution in [0.3, 0.4) is 0 Å². The number of amides is 1. The van der Waals surface area contributed by atoms with Gasteiger partial charge in [-0.25, -0.2) is 9.97 Å². The summed E-state index contributed by atoms with van der Waals surface area (Å²) >= 11 is 0. The number of nitriles is 1. The number of carbonyl (C=O) groups excluding carboxylic acids is 1. The Balaban J connectivity index is 1.55. The van der Waals surface area contributed by atoms with E-state index in [1.807, 2.05) is 30.5 Å². The second kappa shape index (κ2) is 6.21. The first-order valence-corrected chi connectivity index (χ1v) is 8.06. The van der Waals surface area contributed by atoms with Gasteiger partial charge in [-0.1, -0.05) is 18.2 Å². The Morgan fingerprint density at radius 3 is 2.76 bits per heavy atom. The first-order chi connectivity index (χ1) is 12.2. The maximum Gasteiger partial charge on any atom is 0.265 e. The third kappa shape index (κ3) is 3.12. The summed E-state index contributed by atoms with van der Waals surface area (Å²) in [6, 6.07) is 11.3. The maximum atomic E-state index is 12.2. The molecule has 1 aliphatic rings. The predicted octanol–water partition coefficient (Wildman–Crippen LogP) is 3.42. The number of rotatable bonds is 4. The number of allylic oxidation sites excluding steroid dienone is 1. The van der Waals surface area contributed by atoms with E-state index >= 15 is 0 Å². The SMILES string of the molecule is N#C/C(=C\C1CC1)C(=O)Nc1ccc(-c2ncnc3[nH]ccc23)cc1. The van der Waals surface area contributed by atoms with Crippen LogP contribution in [-0.2, 0) is 4.79 Å². The number of aromatic amines is 1. The Kier molecular flexibility index (Phi) is 3.75.